The minimum atomic E-state index is -3.14. The average molecular weight is 264 g/mol. The topological polar surface area (TPSA) is 60.9 Å². The van der Waals surface area contributed by atoms with Crippen LogP contribution in [0.15, 0.2) is 0 Å². The third-order valence-corrected chi connectivity index (χ3v) is 5.18. The highest BCUT2D eigenvalue weighted by molar-refractivity contribution is 7.89. The highest BCUT2D eigenvalue weighted by Crippen LogP contribution is 2.26. The van der Waals surface area contributed by atoms with Gasteiger partial charge >= 0.3 is 0 Å². The van der Waals surface area contributed by atoms with E-state index in [1.165, 1.54) is 4.31 Å². The monoisotopic (exact) mass is 264 g/mol. The van der Waals surface area contributed by atoms with Crippen molar-refractivity contribution in [1.82, 2.24) is 9.21 Å². The molecule has 1 aliphatic rings. The molecule has 1 rings (SSSR count). The molecule has 1 saturated heterocycles. The van der Waals surface area contributed by atoms with Crippen LogP contribution in [0.2, 0.25) is 0 Å². The minimum Gasteiger partial charge on any atom is -0.389 e. The molecule has 0 saturated carbocycles. The first kappa shape index (κ1) is 14.9. The van der Waals surface area contributed by atoms with E-state index in [2.05, 4.69) is 4.90 Å². The van der Waals surface area contributed by atoms with Crippen LogP contribution in [0.3, 0.4) is 0 Å². The Morgan fingerprint density at radius 2 is 2.00 bits per heavy atom. The van der Waals surface area contributed by atoms with Crippen LogP contribution in [0.5, 0.6) is 0 Å². The van der Waals surface area contributed by atoms with E-state index in [1.54, 1.807) is 27.9 Å². The molecule has 1 N–H and O–H groups in total. The number of sulfonamides is 1. The summed E-state index contributed by atoms with van der Waals surface area (Å²) in [5, 5.41) is 10.0. The van der Waals surface area contributed by atoms with Gasteiger partial charge in [-0.1, -0.05) is 0 Å². The molecule has 5 nitrogen and oxygen atoms in total. The van der Waals surface area contributed by atoms with E-state index < -0.39 is 15.6 Å². The Morgan fingerprint density at radius 3 is 2.47 bits per heavy atom. The molecular formula is C11H24N2O3S. The van der Waals surface area contributed by atoms with E-state index in [4.69, 9.17) is 0 Å². The van der Waals surface area contributed by atoms with E-state index >= 15 is 0 Å². The van der Waals surface area contributed by atoms with Crippen molar-refractivity contribution in [3.05, 3.63) is 0 Å². The molecule has 0 spiro atoms. The molecule has 6 heteroatoms. The molecule has 1 atom stereocenters. The zero-order chi connectivity index (χ0) is 13.3. The Hall–Kier alpha value is -0.170. The SMILES string of the molecule is CN(C)S(=O)(=O)CCN1CCCC1C(C)(C)O. The largest absolute Gasteiger partial charge is 0.389 e. The minimum absolute atomic E-state index is 0.0693. The number of hydrogen-bond acceptors (Lipinski definition) is 4. The van der Waals surface area contributed by atoms with Gasteiger partial charge in [0, 0.05) is 26.7 Å². The van der Waals surface area contributed by atoms with Gasteiger partial charge in [-0.15, -0.1) is 0 Å². The van der Waals surface area contributed by atoms with Crippen molar-refractivity contribution < 1.29 is 13.5 Å². The molecule has 1 unspecified atom stereocenters. The Labute approximate surface area is 104 Å². The summed E-state index contributed by atoms with van der Waals surface area (Å²) in [6.07, 6.45) is 1.96. The molecule has 0 amide bonds. The lowest BCUT2D eigenvalue weighted by atomic mass is 9.97. The number of rotatable bonds is 5. The second-order valence-electron chi connectivity index (χ2n) is 5.45. The summed E-state index contributed by atoms with van der Waals surface area (Å²) in [5.74, 6) is 0.118. The molecule has 102 valence electrons. The number of hydrogen-bond donors (Lipinski definition) is 1. The van der Waals surface area contributed by atoms with Crippen molar-refractivity contribution in [3.63, 3.8) is 0 Å². The van der Waals surface area contributed by atoms with E-state index in [0.29, 0.717) is 6.54 Å². The summed E-state index contributed by atoms with van der Waals surface area (Å²) in [7, 11) is -0.0478. The standard InChI is InChI=1S/C11H24N2O3S/c1-11(2,14)10-6-5-7-13(10)8-9-17(15,16)12(3)4/h10,14H,5-9H2,1-4H3. The van der Waals surface area contributed by atoms with Crippen LogP contribution in [0.25, 0.3) is 0 Å². The van der Waals surface area contributed by atoms with Gasteiger partial charge in [-0.2, -0.15) is 0 Å². The molecule has 17 heavy (non-hydrogen) atoms. The smallest absolute Gasteiger partial charge is 0.214 e. The highest BCUT2D eigenvalue weighted by Gasteiger charge is 2.36. The lowest BCUT2D eigenvalue weighted by Crippen LogP contribution is -2.47. The molecular weight excluding hydrogens is 240 g/mol. The Morgan fingerprint density at radius 1 is 1.41 bits per heavy atom. The first-order valence-corrected chi connectivity index (χ1v) is 7.62. The summed E-state index contributed by atoms with van der Waals surface area (Å²) in [6.45, 7) is 4.94. The molecule has 0 aliphatic carbocycles. The summed E-state index contributed by atoms with van der Waals surface area (Å²) in [4.78, 5) is 2.08. The lowest BCUT2D eigenvalue weighted by molar-refractivity contribution is -0.000451. The van der Waals surface area contributed by atoms with Crippen LogP contribution in [0.1, 0.15) is 26.7 Å². The van der Waals surface area contributed by atoms with Crippen molar-refractivity contribution in [2.24, 2.45) is 0 Å². The van der Waals surface area contributed by atoms with E-state index in [-0.39, 0.29) is 11.8 Å². The van der Waals surface area contributed by atoms with Crippen molar-refractivity contribution in [2.45, 2.75) is 38.3 Å². The average Bonchev–Trinajstić information content (AvgIpc) is 2.61. The van der Waals surface area contributed by atoms with Crippen molar-refractivity contribution in [1.29, 1.82) is 0 Å². The normalized spacial score (nSPS) is 23.5. The van der Waals surface area contributed by atoms with E-state index in [0.717, 1.165) is 19.4 Å². The molecule has 0 aromatic rings. The first-order valence-electron chi connectivity index (χ1n) is 6.01. The zero-order valence-electron chi connectivity index (χ0n) is 11.2. The first-order chi connectivity index (χ1) is 7.64. The maximum Gasteiger partial charge on any atom is 0.214 e. The fourth-order valence-corrected chi connectivity index (χ4v) is 3.14. The van der Waals surface area contributed by atoms with Gasteiger partial charge in [-0.25, -0.2) is 12.7 Å². The quantitative estimate of drug-likeness (QED) is 0.766. The summed E-state index contributed by atoms with van der Waals surface area (Å²) in [6, 6.07) is 0.0693. The van der Waals surface area contributed by atoms with Gasteiger partial charge in [0.2, 0.25) is 10.0 Å². The van der Waals surface area contributed by atoms with Crippen LogP contribution in [0, 0.1) is 0 Å². The van der Waals surface area contributed by atoms with Gasteiger partial charge in [-0.05, 0) is 33.2 Å². The molecule has 0 radical (unpaired) electrons. The van der Waals surface area contributed by atoms with Crippen LogP contribution < -0.4 is 0 Å². The second kappa shape index (κ2) is 5.22. The third kappa shape index (κ3) is 3.91. The number of nitrogens with zero attached hydrogens (tertiary/aromatic N) is 2. The van der Waals surface area contributed by atoms with Crippen molar-refractivity contribution in [3.8, 4) is 0 Å². The molecule has 0 bridgehead atoms. The van der Waals surface area contributed by atoms with Crippen LogP contribution in [0.4, 0.5) is 0 Å². The Bertz CT molecular complexity index is 346. The molecule has 0 aromatic heterocycles. The summed E-state index contributed by atoms with van der Waals surface area (Å²) < 4.78 is 24.6. The maximum absolute atomic E-state index is 11.7. The van der Waals surface area contributed by atoms with Crippen LogP contribution in [-0.2, 0) is 10.0 Å². The predicted molar refractivity (Wildman–Crippen MR) is 68.4 cm³/mol. The number of aliphatic hydroxyl groups is 1. The highest BCUT2D eigenvalue weighted by atomic mass is 32.2. The molecule has 1 aliphatic heterocycles. The van der Waals surface area contributed by atoms with Gasteiger partial charge < -0.3 is 5.11 Å². The predicted octanol–water partition coefficient (Wildman–Crippen LogP) is 0.113. The molecule has 0 aromatic carbocycles. The van der Waals surface area contributed by atoms with Crippen LogP contribution in [-0.4, -0.2) is 67.3 Å². The third-order valence-electron chi connectivity index (χ3n) is 3.37. The fourth-order valence-electron chi connectivity index (χ4n) is 2.31. The zero-order valence-corrected chi connectivity index (χ0v) is 12.0. The van der Waals surface area contributed by atoms with Crippen molar-refractivity contribution in [2.75, 3.05) is 32.9 Å². The number of likely N-dealkylation sites (tertiary alicyclic amines) is 1. The summed E-state index contributed by atoms with van der Waals surface area (Å²) in [5.41, 5.74) is -0.765. The second-order valence-corrected chi connectivity index (χ2v) is 7.75. The van der Waals surface area contributed by atoms with Gasteiger partial charge in [0.05, 0.1) is 11.4 Å². The van der Waals surface area contributed by atoms with Crippen molar-refractivity contribution >= 4 is 10.0 Å². The molecule has 1 heterocycles. The van der Waals surface area contributed by atoms with Gasteiger partial charge in [-0.3, -0.25) is 4.90 Å². The van der Waals surface area contributed by atoms with Gasteiger partial charge in [0.15, 0.2) is 0 Å². The van der Waals surface area contributed by atoms with Gasteiger partial charge in [0.25, 0.3) is 0 Å². The fraction of sp³-hybridized carbons (Fsp3) is 1.00. The van der Waals surface area contributed by atoms with Crippen LogP contribution >= 0.6 is 0 Å². The van der Waals surface area contributed by atoms with E-state index in [9.17, 15) is 13.5 Å². The lowest BCUT2D eigenvalue weighted by Gasteiger charge is -2.33. The molecule has 1 fully saturated rings. The Balaban J connectivity index is 2.58. The van der Waals surface area contributed by atoms with Gasteiger partial charge in [0.1, 0.15) is 0 Å². The van der Waals surface area contributed by atoms with E-state index in [1.807, 2.05) is 0 Å². The maximum atomic E-state index is 11.7. The Kier molecular flexibility index (Phi) is 4.57. The summed E-state index contributed by atoms with van der Waals surface area (Å²) >= 11 is 0.